The van der Waals surface area contributed by atoms with Crippen LogP contribution in [0, 0.1) is 5.82 Å². The van der Waals surface area contributed by atoms with E-state index in [2.05, 4.69) is 5.32 Å². The Morgan fingerprint density at radius 2 is 2.20 bits per heavy atom. The van der Waals surface area contributed by atoms with Gasteiger partial charge in [-0.05, 0) is 24.6 Å². The van der Waals surface area contributed by atoms with Gasteiger partial charge in [-0.15, -0.1) is 0 Å². The van der Waals surface area contributed by atoms with Crippen molar-refractivity contribution < 1.29 is 13.9 Å². The highest BCUT2D eigenvalue weighted by Gasteiger charge is 2.31. The van der Waals surface area contributed by atoms with Crippen molar-refractivity contribution in [2.45, 2.75) is 13.0 Å². The molecule has 1 atom stereocenters. The molecule has 2 rings (SSSR count). The Hall–Kier alpha value is -1.17. The van der Waals surface area contributed by atoms with Crippen LogP contribution in [0.4, 0.5) is 4.39 Å². The van der Waals surface area contributed by atoms with Crippen molar-refractivity contribution >= 4 is 17.6 Å². The van der Waals surface area contributed by atoms with E-state index in [0.717, 1.165) is 26.2 Å². The van der Waals surface area contributed by atoms with Crippen LogP contribution in [-0.2, 0) is 9.53 Å². The van der Waals surface area contributed by atoms with E-state index in [1.165, 1.54) is 12.1 Å². The maximum Gasteiger partial charge on any atom is 0.328 e. The largest absolute Gasteiger partial charge is 0.465 e. The van der Waals surface area contributed by atoms with Crippen LogP contribution in [0.25, 0.3) is 0 Å². The molecule has 0 radical (unpaired) electrons. The van der Waals surface area contributed by atoms with Gasteiger partial charge < -0.3 is 10.1 Å². The molecule has 0 saturated carbocycles. The van der Waals surface area contributed by atoms with Gasteiger partial charge in [0.1, 0.15) is 11.9 Å². The van der Waals surface area contributed by atoms with Gasteiger partial charge in [0.2, 0.25) is 0 Å². The molecule has 4 nitrogen and oxygen atoms in total. The zero-order valence-corrected chi connectivity index (χ0v) is 12.1. The summed E-state index contributed by atoms with van der Waals surface area (Å²) in [5.74, 6) is -0.760. The van der Waals surface area contributed by atoms with E-state index >= 15 is 0 Å². The van der Waals surface area contributed by atoms with Crippen LogP contribution in [0.15, 0.2) is 18.2 Å². The Morgan fingerprint density at radius 3 is 2.80 bits per heavy atom. The smallest absolute Gasteiger partial charge is 0.328 e. The summed E-state index contributed by atoms with van der Waals surface area (Å²) < 4.78 is 18.3. The number of nitrogens with one attached hydrogen (secondary N) is 1. The molecule has 0 aliphatic carbocycles. The summed E-state index contributed by atoms with van der Waals surface area (Å²) in [6, 6.07) is 3.52. The molecule has 110 valence electrons. The molecule has 20 heavy (non-hydrogen) atoms. The number of hydrogen-bond acceptors (Lipinski definition) is 4. The summed E-state index contributed by atoms with van der Waals surface area (Å²) in [6.07, 6.45) is 0. The minimum absolute atomic E-state index is 0.251. The van der Waals surface area contributed by atoms with Crippen LogP contribution in [-0.4, -0.2) is 43.7 Å². The van der Waals surface area contributed by atoms with Gasteiger partial charge >= 0.3 is 5.97 Å². The number of piperazine rings is 1. The fraction of sp³-hybridized carbons (Fsp3) is 0.500. The molecule has 1 heterocycles. The lowest BCUT2D eigenvalue weighted by atomic mass is 10.0. The third-order valence-corrected chi connectivity index (χ3v) is 3.61. The first-order valence-corrected chi connectivity index (χ1v) is 7.07. The molecule has 0 spiro atoms. The number of nitrogens with zero attached hydrogens (tertiary/aromatic N) is 1. The molecule has 1 fully saturated rings. The molecule has 1 unspecified atom stereocenters. The Labute approximate surface area is 122 Å². The number of hydrogen-bond donors (Lipinski definition) is 1. The number of benzene rings is 1. The number of halogens is 2. The number of ether oxygens (including phenoxy) is 1. The lowest BCUT2D eigenvalue weighted by Gasteiger charge is -2.33. The second kappa shape index (κ2) is 7.02. The first kappa shape index (κ1) is 15.2. The quantitative estimate of drug-likeness (QED) is 0.864. The Kier molecular flexibility index (Phi) is 5.34. The van der Waals surface area contributed by atoms with Gasteiger partial charge in [-0.3, -0.25) is 4.90 Å². The Bertz CT molecular complexity index is 478. The molecule has 1 aliphatic heterocycles. The standard InChI is InChI=1S/C14H18ClFN2O2/c1-2-20-14(19)13(18-7-5-17-6-8-18)11-4-3-10(16)9-12(11)15/h3-4,9,13,17H,2,5-8H2,1H3. The van der Waals surface area contributed by atoms with Gasteiger partial charge in [-0.25, -0.2) is 9.18 Å². The predicted octanol–water partition coefficient (Wildman–Crippen LogP) is 1.99. The minimum Gasteiger partial charge on any atom is -0.465 e. The van der Waals surface area contributed by atoms with Crippen molar-refractivity contribution in [1.82, 2.24) is 10.2 Å². The topological polar surface area (TPSA) is 41.6 Å². The van der Waals surface area contributed by atoms with Gasteiger partial charge in [0, 0.05) is 31.2 Å². The molecule has 0 amide bonds. The first-order chi connectivity index (χ1) is 9.63. The summed E-state index contributed by atoms with van der Waals surface area (Å²) in [4.78, 5) is 14.3. The van der Waals surface area contributed by atoms with Gasteiger partial charge in [-0.2, -0.15) is 0 Å². The number of carbonyl (C=O) groups excluding carboxylic acids is 1. The molecule has 1 aromatic rings. The van der Waals surface area contributed by atoms with Crippen LogP contribution < -0.4 is 5.32 Å². The molecule has 0 aromatic heterocycles. The zero-order valence-electron chi connectivity index (χ0n) is 11.4. The van der Waals surface area contributed by atoms with E-state index < -0.39 is 11.9 Å². The number of carbonyl (C=O) groups is 1. The highest BCUT2D eigenvalue weighted by atomic mass is 35.5. The highest BCUT2D eigenvalue weighted by Crippen LogP contribution is 2.29. The second-order valence-electron chi connectivity index (χ2n) is 4.61. The van der Waals surface area contributed by atoms with Crippen molar-refractivity contribution in [2.75, 3.05) is 32.8 Å². The van der Waals surface area contributed by atoms with Crippen molar-refractivity contribution in [3.05, 3.63) is 34.6 Å². The van der Waals surface area contributed by atoms with Crippen LogP contribution in [0.5, 0.6) is 0 Å². The SMILES string of the molecule is CCOC(=O)C(c1ccc(F)cc1Cl)N1CCNCC1. The number of esters is 1. The van der Waals surface area contributed by atoms with Crippen molar-refractivity contribution in [2.24, 2.45) is 0 Å². The summed E-state index contributed by atoms with van der Waals surface area (Å²) in [7, 11) is 0. The monoisotopic (exact) mass is 300 g/mol. The fourth-order valence-corrected chi connectivity index (χ4v) is 2.63. The maximum atomic E-state index is 13.2. The van der Waals surface area contributed by atoms with Crippen LogP contribution in [0.1, 0.15) is 18.5 Å². The van der Waals surface area contributed by atoms with Crippen molar-refractivity contribution in [1.29, 1.82) is 0 Å². The summed E-state index contributed by atoms with van der Waals surface area (Å²) in [6.45, 7) is 5.11. The zero-order chi connectivity index (χ0) is 14.5. The average Bonchev–Trinajstić information content (AvgIpc) is 2.43. The Balaban J connectivity index is 2.31. The maximum absolute atomic E-state index is 13.2. The molecule has 1 aliphatic rings. The average molecular weight is 301 g/mol. The molecular formula is C14H18ClFN2O2. The third-order valence-electron chi connectivity index (χ3n) is 3.28. The van der Waals surface area contributed by atoms with Crippen LogP contribution >= 0.6 is 11.6 Å². The van der Waals surface area contributed by atoms with Crippen molar-refractivity contribution in [3.8, 4) is 0 Å². The van der Waals surface area contributed by atoms with Crippen LogP contribution in [0.2, 0.25) is 5.02 Å². The Morgan fingerprint density at radius 1 is 1.50 bits per heavy atom. The molecule has 1 N–H and O–H groups in total. The lowest BCUT2D eigenvalue weighted by Crippen LogP contribution is -2.47. The van der Waals surface area contributed by atoms with E-state index in [4.69, 9.17) is 16.3 Å². The van der Waals surface area contributed by atoms with E-state index in [-0.39, 0.29) is 11.0 Å². The van der Waals surface area contributed by atoms with E-state index in [1.807, 2.05) is 4.90 Å². The van der Waals surface area contributed by atoms with Gasteiger partial charge in [0.05, 0.1) is 6.61 Å². The highest BCUT2D eigenvalue weighted by molar-refractivity contribution is 6.31. The van der Waals surface area contributed by atoms with E-state index in [9.17, 15) is 9.18 Å². The molecule has 1 saturated heterocycles. The van der Waals surface area contributed by atoms with E-state index in [1.54, 1.807) is 13.0 Å². The first-order valence-electron chi connectivity index (χ1n) is 6.70. The van der Waals surface area contributed by atoms with Gasteiger partial charge in [-0.1, -0.05) is 17.7 Å². The summed E-state index contributed by atoms with van der Waals surface area (Å²) >= 11 is 6.10. The second-order valence-corrected chi connectivity index (χ2v) is 5.01. The lowest BCUT2D eigenvalue weighted by molar-refractivity contribution is -0.150. The van der Waals surface area contributed by atoms with Crippen LogP contribution in [0.3, 0.4) is 0 Å². The third kappa shape index (κ3) is 3.48. The number of rotatable bonds is 4. The van der Waals surface area contributed by atoms with Gasteiger partial charge in [0.15, 0.2) is 0 Å². The molecular weight excluding hydrogens is 283 g/mol. The summed E-state index contributed by atoms with van der Waals surface area (Å²) in [5.41, 5.74) is 0.591. The van der Waals surface area contributed by atoms with E-state index in [0.29, 0.717) is 12.2 Å². The van der Waals surface area contributed by atoms with Crippen molar-refractivity contribution in [3.63, 3.8) is 0 Å². The molecule has 1 aromatic carbocycles. The minimum atomic E-state index is -0.579. The van der Waals surface area contributed by atoms with Gasteiger partial charge in [0.25, 0.3) is 0 Å². The molecule has 6 heteroatoms. The molecule has 0 bridgehead atoms. The normalized spacial score (nSPS) is 17.8. The fourth-order valence-electron chi connectivity index (χ4n) is 2.36. The summed E-state index contributed by atoms with van der Waals surface area (Å²) in [5, 5.41) is 3.48. The predicted molar refractivity (Wildman–Crippen MR) is 75.2 cm³/mol.